The summed E-state index contributed by atoms with van der Waals surface area (Å²) in [6.45, 7) is 26.6. The highest BCUT2D eigenvalue weighted by molar-refractivity contribution is 7.55. The first-order chi connectivity index (χ1) is 36.1. The van der Waals surface area contributed by atoms with E-state index >= 15 is 0 Å². The Bertz CT molecular complexity index is 1690. The summed E-state index contributed by atoms with van der Waals surface area (Å²) in [5.41, 5.74) is 0.922. The maximum Gasteiger partial charge on any atom is 0.333 e. The van der Waals surface area contributed by atoms with Crippen LogP contribution in [0.2, 0.25) is 0 Å². The lowest BCUT2D eigenvalue weighted by atomic mass is 9.91. The second kappa shape index (κ2) is 49.5. The highest BCUT2D eigenvalue weighted by Gasteiger charge is 2.46. The van der Waals surface area contributed by atoms with Gasteiger partial charge in [-0.25, -0.2) is 4.79 Å². The Morgan fingerprint density at radius 3 is 1.57 bits per heavy atom. The summed E-state index contributed by atoms with van der Waals surface area (Å²) in [4.78, 5) is 22.6. The van der Waals surface area contributed by atoms with Crippen LogP contribution in [0.1, 0.15) is 73.3 Å². The number of esters is 2. The van der Waals surface area contributed by atoms with Crippen molar-refractivity contribution >= 4 is 33.0 Å². The Kier molecular flexibility index (Phi) is 50.6. The molecular formula is C52H100N2O20P2. The molecule has 1 saturated heterocycles. The van der Waals surface area contributed by atoms with Gasteiger partial charge in [0.05, 0.1) is 110 Å². The Morgan fingerprint density at radius 2 is 1.20 bits per heavy atom. The average Bonchev–Trinajstić information content (AvgIpc) is 3.42. The molecule has 0 bridgehead atoms. The van der Waals surface area contributed by atoms with Crippen LogP contribution >= 0.6 is 15.0 Å². The minimum absolute atomic E-state index is 0.0995. The third-order valence-corrected chi connectivity index (χ3v) is 14.5. The van der Waals surface area contributed by atoms with Gasteiger partial charge < -0.3 is 85.9 Å². The molecule has 4 N–H and O–H groups in total. The zero-order valence-corrected chi connectivity index (χ0v) is 50.3. The van der Waals surface area contributed by atoms with Gasteiger partial charge in [-0.1, -0.05) is 69.8 Å². The van der Waals surface area contributed by atoms with Crippen LogP contribution in [0, 0.1) is 5.41 Å². The van der Waals surface area contributed by atoms with Gasteiger partial charge in [0.2, 0.25) is 15.0 Å². The average molecular weight is 1140 g/mol. The molecule has 7 atom stereocenters. The van der Waals surface area contributed by atoms with Crippen molar-refractivity contribution in [2.24, 2.45) is 14.9 Å². The molecule has 24 heteroatoms. The number of benzene rings is 1. The van der Waals surface area contributed by atoms with Gasteiger partial charge in [0.25, 0.3) is 0 Å². The molecule has 1 aliphatic heterocycles. The molecule has 1 aromatic carbocycles. The predicted octanol–water partition coefficient (Wildman–Crippen LogP) is 7.04. The van der Waals surface area contributed by atoms with Crippen molar-refractivity contribution in [1.82, 2.24) is 0 Å². The third-order valence-electron chi connectivity index (χ3n) is 10.4. The van der Waals surface area contributed by atoms with Crippen LogP contribution in [-0.4, -0.2) is 224 Å². The number of ether oxygens (including phenoxy) is 10. The Balaban J connectivity index is -0.000000925. The van der Waals surface area contributed by atoms with E-state index in [4.69, 9.17) is 75.7 Å². The smallest absolute Gasteiger partial charge is 0.333 e. The lowest BCUT2D eigenvalue weighted by molar-refractivity contribution is -0.293. The quantitative estimate of drug-likeness (QED) is 0.0233. The number of methoxy groups -OCH3 is 4. The molecule has 448 valence electrons. The van der Waals surface area contributed by atoms with E-state index in [-0.39, 0.29) is 30.9 Å². The minimum atomic E-state index is -2.16. The fraction of sp³-hybridized carbons (Fsp3) is 0.769. The molecule has 0 radical (unpaired) electrons. The van der Waals surface area contributed by atoms with Gasteiger partial charge in [-0.3, -0.25) is 14.3 Å². The summed E-state index contributed by atoms with van der Waals surface area (Å²) in [7, 11) is 5.41. The summed E-state index contributed by atoms with van der Waals surface area (Å²) >= 11 is 0. The first kappa shape index (κ1) is 77.7. The molecular weight excluding hydrogens is 1030 g/mol. The maximum absolute atomic E-state index is 11.5. The van der Waals surface area contributed by atoms with Crippen LogP contribution in [0.25, 0.3) is 6.08 Å². The van der Waals surface area contributed by atoms with E-state index in [0.717, 1.165) is 18.4 Å². The van der Waals surface area contributed by atoms with Crippen LogP contribution in [0.5, 0.6) is 0 Å². The van der Waals surface area contributed by atoms with E-state index in [2.05, 4.69) is 16.1 Å². The lowest BCUT2D eigenvalue weighted by Gasteiger charge is -2.41. The molecule has 0 aromatic heterocycles. The minimum Gasteiger partial charge on any atom is -0.463 e. The second-order valence-electron chi connectivity index (χ2n) is 17.1. The molecule has 76 heavy (non-hydrogen) atoms. The normalized spacial score (nSPS) is 18.4. The van der Waals surface area contributed by atoms with E-state index in [9.17, 15) is 19.8 Å². The second-order valence-corrected chi connectivity index (χ2v) is 22.1. The monoisotopic (exact) mass is 1130 g/mol. The molecule has 0 spiro atoms. The van der Waals surface area contributed by atoms with Crippen molar-refractivity contribution in [3.63, 3.8) is 0 Å². The molecule has 0 aliphatic carbocycles. The number of nitrogens with zero attached hydrogens (tertiary/aromatic N) is 2. The molecule has 1 fully saturated rings. The van der Waals surface area contributed by atoms with Crippen molar-refractivity contribution in [1.29, 1.82) is 0 Å². The number of carbonyl (C=O) groups is 2. The van der Waals surface area contributed by atoms with Gasteiger partial charge in [-0.2, -0.15) is 0 Å². The van der Waals surface area contributed by atoms with Crippen LogP contribution in [0.3, 0.4) is 0 Å². The summed E-state index contributed by atoms with van der Waals surface area (Å²) in [6.07, 6.45) is 1.09. The van der Waals surface area contributed by atoms with Crippen molar-refractivity contribution in [3.8, 4) is 0 Å². The van der Waals surface area contributed by atoms with Gasteiger partial charge in [-0.15, -0.1) is 0 Å². The Morgan fingerprint density at radius 1 is 0.750 bits per heavy atom. The summed E-state index contributed by atoms with van der Waals surface area (Å²) < 4.78 is 82.2. The first-order valence-corrected chi connectivity index (χ1v) is 29.5. The van der Waals surface area contributed by atoms with E-state index < -0.39 is 57.1 Å². The van der Waals surface area contributed by atoms with E-state index in [1.165, 1.54) is 14.0 Å². The molecule has 4 unspecified atom stereocenters. The summed E-state index contributed by atoms with van der Waals surface area (Å²) in [5, 5.41) is 36.5. The Hall–Kier alpha value is -2.54. The number of hydrogen-bond acceptors (Lipinski definition) is 22. The van der Waals surface area contributed by atoms with Gasteiger partial charge in [0.1, 0.15) is 18.8 Å². The standard InChI is InChI=1S/C16H26NO4P.C12H28NO6P.C12H20O6.C8H16O3.C4H10O/c1-17-22(3,21-15-14-19-13-12-18-2)20-11-7-10-16-8-5-4-6-9-16;1-13-20(4,18-11-9-16-7-5-14-2)19-12-10-17-8-6-15-3;1-5-7-8(13)9(14)10(12(16-4)17-7)18-11(15)6(2)3;1-4-8(2,3)7(10)11-6-5-9;1-3-4(2)5/h4-10H,11-15H2,1-3H3;5-12H2,1-4H3;7-10,12-14H,2,5H2,1,3-4H3;9H,4-6H2,1-3H3;4-5H,3H2,1-2H3/b10-7+;;;;/t;;7?,8-,9-,10?,12+;;/m..1../s1. The van der Waals surface area contributed by atoms with Crippen LogP contribution in [0.15, 0.2) is 58.0 Å². The number of carbonyl (C=O) groups excluding carboxylic acids is 2. The third kappa shape index (κ3) is 40.6. The number of rotatable bonds is 34. The van der Waals surface area contributed by atoms with E-state index in [1.54, 1.807) is 42.3 Å². The molecule has 1 heterocycles. The van der Waals surface area contributed by atoms with Crippen LogP contribution in [-0.2, 0) is 75.1 Å². The van der Waals surface area contributed by atoms with Crippen LogP contribution < -0.4 is 0 Å². The van der Waals surface area contributed by atoms with Crippen molar-refractivity contribution in [3.05, 3.63) is 54.1 Å². The molecule has 22 nitrogen and oxygen atoms in total. The summed E-state index contributed by atoms with van der Waals surface area (Å²) in [6, 6.07) is 10.1. The molecule has 1 aliphatic rings. The molecule has 1 aromatic rings. The van der Waals surface area contributed by atoms with E-state index in [1.807, 2.05) is 90.4 Å². The molecule has 0 amide bonds. The number of aliphatic hydroxyl groups is 4. The highest BCUT2D eigenvalue weighted by Crippen LogP contribution is 2.48. The SMILES string of the molecule is C=C(C)C(=O)OC1[C@@H](OC)OC(CC)[C@@H](O)[C@H]1O.CCC(C)(C)C(=O)OCCO.CCC(C)O.CN=P(C)(OC/C=C/c1ccccc1)OCCOCCOC.CN=P(C)(OCCOCCOC)OCCOCCOC. The van der Waals surface area contributed by atoms with Crippen molar-refractivity contribution < 1.29 is 95.5 Å². The van der Waals surface area contributed by atoms with Gasteiger partial charge in [-0.05, 0) is 52.5 Å². The molecule has 0 saturated carbocycles. The molecule has 2 rings (SSSR count). The lowest BCUT2D eigenvalue weighted by Crippen LogP contribution is -2.59. The van der Waals surface area contributed by atoms with Crippen LogP contribution in [0.4, 0.5) is 0 Å². The first-order valence-electron chi connectivity index (χ1n) is 25.4. The van der Waals surface area contributed by atoms with E-state index in [0.29, 0.717) is 92.3 Å². The Labute approximate surface area is 455 Å². The predicted molar refractivity (Wildman–Crippen MR) is 297 cm³/mol. The van der Waals surface area contributed by atoms with Gasteiger partial charge >= 0.3 is 11.9 Å². The highest BCUT2D eigenvalue weighted by atomic mass is 31.2. The van der Waals surface area contributed by atoms with Gasteiger partial charge in [0, 0.05) is 61.4 Å². The van der Waals surface area contributed by atoms with Crippen molar-refractivity contribution in [2.45, 2.75) is 105 Å². The largest absolute Gasteiger partial charge is 0.463 e. The summed E-state index contributed by atoms with van der Waals surface area (Å²) in [5.74, 6) is -0.902. The fourth-order valence-corrected chi connectivity index (χ4v) is 7.24. The van der Waals surface area contributed by atoms with Crippen molar-refractivity contribution in [2.75, 3.05) is 155 Å². The maximum atomic E-state index is 11.5. The van der Waals surface area contributed by atoms with Gasteiger partial charge in [0.15, 0.2) is 12.4 Å². The number of aliphatic hydroxyl groups excluding tert-OH is 4. The fourth-order valence-electron chi connectivity index (χ4n) is 5.03. The zero-order valence-electron chi connectivity index (χ0n) is 48.6. The zero-order chi connectivity index (χ0) is 58.3. The topological polar surface area (TPSA) is 269 Å². The number of hydrogen-bond donors (Lipinski definition) is 4.